The highest BCUT2D eigenvalue weighted by Crippen LogP contribution is 2.35. The molecule has 1 unspecified atom stereocenters. The molecule has 1 atom stereocenters. The minimum Gasteiger partial charge on any atom is -0.491 e. The topological polar surface area (TPSA) is 69.0 Å². The summed E-state index contributed by atoms with van der Waals surface area (Å²) >= 11 is 0. The Kier molecular flexibility index (Phi) is 4.03. The maximum Gasteiger partial charge on any atom is 0.231 e. The molecule has 3 heterocycles. The molecule has 0 amide bonds. The van der Waals surface area contributed by atoms with Crippen LogP contribution in [0.2, 0.25) is 0 Å². The Labute approximate surface area is 140 Å². The summed E-state index contributed by atoms with van der Waals surface area (Å²) in [6.45, 7) is 2.75. The highest BCUT2D eigenvalue weighted by molar-refractivity contribution is 5.46. The largest absolute Gasteiger partial charge is 0.491 e. The first-order valence-corrected chi connectivity index (χ1v) is 8.11. The van der Waals surface area contributed by atoms with E-state index >= 15 is 0 Å². The van der Waals surface area contributed by atoms with Gasteiger partial charge in [0.1, 0.15) is 18.5 Å². The van der Waals surface area contributed by atoms with Gasteiger partial charge in [-0.05, 0) is 12.1 Å². The number of ether oxygens (including phenoxy) is 3. The molecular weight excluding hydrogens is 310 g/mol. The number of nitrogens with zero attached hydrogens (tertiary/aromatic N) is 3. The molecule has 2 aromatic rings. The fourth-order valence-electron chi connectivity index (χ4n) is 3.18. The Morgan fingerprint density at radius 2 is 2.21 bits per heavy atom. The van der Waals surface area contributed by atoms with Gasteiger partial charge < -0.3 is 23.9 Å². The summed E-state index contributed by atoms with van der Waals surface area (Å²) in [4.78, 5) is 6.63. The second kappa shape index (κ2) is 6.33. The van der Waals surface area contributed by atoms with Crippen molar-refractivity contribution in [2.75, 3.05) is 26.5 Å². The maximum absolute atomic E-state index is 10.3. The standard InChI is InChI=1S/C17H21N3O4/c1-19-10-18-14-8-20(5-4-15(14)19)7-12(21)9-22-13-2-3-16-17(6-13)24-11-23-16/h2-3,6,10,12,21H,4-5,7-9,11H2,1H3. The number of aryl methyl sites for hydroxylation is 1. The normalized spacial score (nSPS) is 17.6. The van der Waals surface area contributed by atoms with Gasteiger partial charge in [-0.1, -0.05) is 0 Å². The van der Waals surface area contributed by atoms with Crippen LogP contribution < -0.4 is 14.2 Å². The van der Waals surface area contributed by atoms with Gasteiger partial charge in [0.15, 0.2) is 11.5 Å². The molecular formula is C17H21N3O4. The second-order valence-electron chi connectivity index (χ2n) is 6.21. The number of hydrogen-bond acceptors (Lipinski definition) is 6. The molecule has 24 heavy (non-hydrogen) atoms. The number of aliphatic hydroxyl groups excluding tert-OH is 1. The highest BCUT2D eigenvalue weighted by atomic mass is 16.7. The van der Waals surface area contributed by atoms with Crippen molar-refractivity contribution in [2.24, 2.45) is 7.05 Å². The van der Waals surface area contributed by atoms with E-state index in [1.165, 1.54) is 5.69 Å². The first-order chi connectivity index (χ1) is 11.7. The molecule has 0 aliphatic carbocycles. The molecule has 0 fully saturated rings. The van der Waals surface area contributed by atoms with Gasteiger partial charge in [0.05, 0.1) is 12.0 Å². The van der Waals surface area contributed by atoms with Gasteiger partial charge >= 0.3 is 0 Å². The number of β-amino-alcohol motifs (C(OH)–C–C–N with tert-alkyl or cyclic N) is 1. The van der Waals surface area contributed by atoms with Crippen LogP contribution in [0.5, 0.6) is 17.2 Å². The number of fused-ring (bicyclic) bond motifs is 2. The summed E-state index contributed by atoms with van der Waals surface area (Å²) < 4.78 is 18.3. The van der Waals surface area contributed by atoms with E-state index < -0.39 is 6.10 Å². The molecule has 128 valence electrons. The lowest BCUT2D eigenvalue weighted by Gasteiger charge is -2.28. The third kappa shape index (κ3) is 3.05. The summed E-state index contributed by atoms with van der Waals surface area (Å²) in [5.41, 5.74) is 2.39. The summed E-state index contributed by atoms with van der Waals surface area (Å²) in [6.07, 6.45) is 2.26. The van der Waals surface area contributed by atoms with Crippen molar-refractivity contribution >= 4 is 0 Å². The van der Waals surface area contributed by atoms with Crippen molar-refractivity contribution in [3.63, 3.8) is 0 Å². The van der Waals surface area contributed by atoms with Crippen molar-refractivity contribution in [1.29, 1.82) is 0 Å². The van der Waals surface area contributed by atoms with Gasteiger partial charge in [-0.25, -0.2) is 4.98 Å². The number of hydrogen-bond donors (Lipinski definition) is 1. The van der Waals surface area contributed by atoms with Crippen LogP contribution in [0.1, 0.15) is 11.4 Å². The van der Waals surface area contributed by atoms with Crippen LogP contribution in [-0.4, -0.2) is 52.2 Å². The fourth-order valence-corrected chi connectivity index (χ4v) is 3.18. The zero-order valence-corrected chi connectivity index (χ0v) is 13.6. The lowest BCUT2D eigenvalue weighted by Crippen LogP contribution is -2.39. The zero-order valence-electron chi connectivity index (χ0n) is 13.6. The van der Waals surface area contributed by atoms with Gasteiger partial charge in [-0.3, -0.25) is 4.90 Å². The van der Waals surface area contributed by atoms with Crippen molar-refractivity contribution in [3.8, 4) is 17.2 Å². The van der Waals surface area contributed by atoms with Crippen LogP contribution in [0.4, 0.5) is 0 Å². The molecule has 4 rings (SSSR count). The summed E-state index contributed by atoms with van der Waals surface area (Å²) in [6, 6.07) is 5.43. The lowest BCUT2D eigenvalue weighted by molar-refractivity contribution is 0.0630. The van der Waals surface area contributed by atoms with E-state index in [0.29, 0.717) is 18.0 Å². The van der Waals surface area contributed by atoms with Crippen molar-refractivity contribution in [1.82, 2.24) is 14.5 Å². The highest BCUT2D eigenvalue weighted by Gasteiger charge is 2.22. The predicted octanol–water partition coefficient (Wildman–Crippen LogP) is 0.947. The van der Waals surface area contributed by atoms with Crippen LogP contribution in [0.3, 0.4) is 0 Å². The first-order valence-electron chi connectivity index (χ1n) is 8.11. The Balaban J connectivity index is 1.29. The van der Waals surface area contributed by atoms with E-state index in [1.54, 1.807) is 6.07 Å². The van der Waals surface area contributed by atoms with Crippen LogP contribution in [0.25, 0.3) is 0 Å². The van der Waals surface area contributed by atoms with Crippen LogP contribution in [0, 0.1) is 0 Å². The second-order valence-corrected chi connectivity index (χ2v) is 6.21. The number of rotatable bonds is 5. The average Bonchev–Trinajstić information content (AvgIpc) is 3.19. The van der Waals surface area contributed by atoms with Crippen LogP contribution >= 0.6 is 0 Å². The minimum atomic E-state index is -0.555. The van der Waals surface area contributed by atoms with E-state index in [4.69, 9.17) is 14.2 Å². The van der Waals surface area contributed by atoms with Crippen molar-refractivity contribution < 1.29 is 19.3 Å². The predicted molar refractivity (Wildman–Crippen MR) is 86.3 cm³/mol. The molecule has 0 radical (unpaired) electrons. The summed E-state index contributed by atoms with van der Waals surface area (Å²) in [7, 11) is 2.02. The van der Waals surface area contributed by atoms with E-state index in [9.17, 15) is 5.11 Å². The molecule has 0 spiro atoms. The fraction of sp³-hybridized carbons (Fsp3) is 0.471. The number of imidazole rings is 1. The van der Waals surface area contributed by atoms with E-state index in [2.05, 4.69) is 14.5 Å². The Morgan fingerprint density at radius 3 is 3.12 bits per heavy atom. The molecule has 7 nitrogen and oxygen atoms in total. The van der Waals surface area contributed by atoms with Crippen LogP contribution in [-0.2, 0) is 20.0 Å². The Hall–Kier alpha value is -2.25. The van der Waals surface area contributed by atoms with Crippen molar-refractivity contribution in [2.45, 2.75) is 19.1 Å². The third-order valence-electron chi connectivity index (χ3n) is 4.44. The average molecular weight is 331 g/mol. The lowest BCUT2D eigenvalue weighted by atomic mass is 10.1. The smallest absolute Gasteiger partial charge is 0.231 e. The van der Waals surface area contributed by atoms with Gasteiger partial charge in [-0.15, -0.1) is 0 Å². The molecule has 1 N–H and O–H groups in total. The quantitative estimate of drug-likeness (QED) is 0.880. The number of benzene rings is 1. The van der Waals surface area contributed by atoms with Gasteiger partial charge in [0.25, 0.3) is 0 Å². The summed E-state index contributed by atoms with van der Waals surface area (Å²) in [5.74, 6) is 2.08. The van der Waals surface area contributed by atoms with E-state index in [-0.39, 0.29) is 13.4 Å². The number of aliphatic hydroxyl groups is 1. The molecule has 7 heteroatoms. The first kappa shape index (κ1) is 15.3. The Bertz CT molecular complexity index is 731. The number of aromatic nitrogens is 2. The van der Waals surface area contributed by atoms with E-state index in [1.807, 2.05) is 25.5 Å². The minimum absolute atomic E-state index is 0.241. The molecule has 2 aliphatic rings. The SMILES string of the molecule is Cn1cnc2c1CCN(CC(O)COc1ccc3c(c1)OCO3)C2. The maximum atomic E-state index is 10.3. The van der Waals surface area contributed by atoms with Crippen LogP contribution in [0.15, 0.2) is 24.5 Å². The zero-order chi connectivity index (χ0) is 16.5. The molecule has 1 aromatic heterocycles. The Morgan fingerprint density at radius 1 is 1.33 bits per heavy atom. The molecule has 1 aromatic carbocycles. The van der Waals surface area contributed by atoms with Gasteiger partial charge in [-0.2, -0.15) is 0 Å². The molecule has 0 saturated heterocycles. The molecule has 0 saturated carbocycles. The van der Waals surface area contributed by atoms with Gasteiger partial charge in [0, 0.05) is 44.9 Å². The monoisotopic (exact) mass is 331 g/mol. The molecule has 2 aliphatic heterocycles. The third-order valence-corrected chi connectivity index (χ3v) is 4.44. The summed E-state index contributed by atoms with van der Waals surface area (Å²) in [5, 5.41) is 10.3. The van der Waals surface area contributed by atoms with Crippen molar-refractivity contribution in [3.05, 3.63) is 35.9 Å². The molecule has 0 bridgehead atoms. The van der Waals surface area contributed by atoms with E-state index in [0.717, 1.165) is 31.0 Å². The van der Waals surface area contributed by atoms with Gasteiger partial charge in [0.2, 0.25) is 6.79 Å².